The summed E-state index contributed by atoms with van der Waals surface area (Å²) in [4.78, 5) is 24.8. The zero-order chi connectivity index (χ0) is 22.2. The fraction of sp³-hybridized carbons (Fsp3) is 0.364. The molecule has 0 aliphatic carbocycles. The molecule has 2 aliphatic rings. The molecule has 9 heteroatoms. The standard InChI is InChI=1S/C22H21ClF2N2O4/c23-18-11-15(9-16-10-17(31-19(16)18)12-26-21(29)30)13-1-3-14(4-2-13)20(28)27-7-5-22(24,25)6-8-27/h1-4,9,11,17,26H,5-8,10,12H2,(H,29,30). The molecule has 2 N–H and O–H groups in total. The number of ether oxygens (including phenoxy) is 1. The monoisotopic (exact) mass is 450 g/mol. The summed E-state index contributed by atoms with van der Waals surface area (Å²) in [6.07, 6.45) is -1.53. The van der Waals surface area contributed by atoms with Gasteiger partial charge in [-0.3, -0.25) is 4.79 Å². The van der Waals surface area contributed by atoms with Crippen LogP contribution in [0.5, 0.6) is 5.75 Å². The molecule has 0 saturated carbocycles. The summed E-state index contributed by atoms with van der Waals surface area (Å²) in [5, 5.41) is 11.5. The van der Waals surface area contributed by atoms with Crippen LogP contribution in [-0.2, 0) is 6.42 Å². The second-order valence-corrected chi connectivity index (χ2v) is 8.21. The minimum Gasteiger partial charge on any atom is -0.486 e. The molecular weight excluding hydrogens is 430 g/mol. The second-order valence-electron chi connectivity index (χ2n) is 7.80. The Morgan fingerprint density at radius 2 is 1.84 bits per heavy atom. The molecule has 1 atom stereocenters. The number of benzene rings is 2. The molecular formula is C22H21ClF2N2O4. The summed E-state index contributed by atoms with van der Waals surface area (Å²) < 4.78 is 32.4. The molecule has 2 heterocycles. The van der Waals surface area contributed by atoms with Gasteiger partial charge < -0.3 is 20.1 Å². The number of carbonyl (C=O) groups excluding carboxylic acids is 1. The molecule has 1 fully saturated rings. The average Bonchev–Trinajstić information content (AvgIpc) is 3.16. The Balaban J connectivity index is 1.47. The maximum absolute atomic E-state index is 13.3. The van der Waals surface area contributed by atoms with E-state index in [2.05, 4.69) is 5.32 Å². The van der Waals surface area contributed by atoms with E-state index >= 15 is 0 Å². The minimum absolute atomic E-state index is 0.0475. The molecule has 2 aromatic rings. The Kier molecular flexibility index (Phi) is 5.75. The molecule has 164 valence electrons. The van der Waals surface area contributed by atoms with Crippen molar-refractivity contribution >= 4 is 23.6 Å². The van der Waals surface area contributed by atoms with E-state index in [9.17, 15) is 18.4 Å². The van der Waals surface area contributed by atoms with E-state index in [4.69, 9.17) is 21.4 Å². The van der Waals surface area contributed by atoms with Gasteiger partial charge in [0.2, 0.25) is 0 Å². The van der Waals surface area contributed by atoms with Gasteiger partial charge in [0.25, 0.3) is 11.8 Å². The zero-order valence-electron chi connectivity index (χ0n) is 16.5. The summed E-state index contributed by atoms with van der Waals surface area (Å²) in [5.74, 6) is -2.40. The first-order valence-corrected chi connectivity index (χ1v) is 10.3. The average molecular weight is 451 g/mol. The Morgan fingerprint density at radius 3 is 2.48 bits per heavy atom. The number of carbonyl (C=O) groups is 2. The molecule has 1 saturated heterocycles. The number of carboxylic acid groups (broad SMARTS) is 1. The number of halogens is 3. The van der Waals surface area contributed by atoms with Crippen molar-refractivity contribution in [2.24, 2.45) is 0 Å². The predicted octanol–water partition coefficient (Wildman–Crippen LogP) is 4.45. The van der Waals surface area contributed by atoms with Gasteiger partial charge in [0.1, 0.15) is 11.9 Å². The van der Waals surface area contributed by atoms with Crippen LogP contribution in [0.3, 0.4) is 0 Å². The second kappa shape index (κ2) is 8.34. The van der Waals surface area contributed by atoms with Crippen molar-refractivity contribution in [2.75, 3.05) is 19.6 Å². The number of hydrogen-bond acceptors (Lipinski definition) is 3. The highest BCUT2D eigenvalue weighted by molar-refractivity contribution is 6.32. The maximum Gasteiger partial charge on any atom is 0.404 e. The van der Waals surface area contributed by atoms with E-state index in [1.807, 2.05) is 6.07 Å². The number of amides is 2. The van der Waals surface area contributed by atoms with Gasteiger partial charge in [0.15, 0.2) is 0 Å². The van der Waals surface area contributed by atoms with Crippen molar-refractivity contribution in [1.82, 2.24) is 10.2 Å². The van der Waals surface area contributed by atoms with Gasteiger partial charge in [-0.05, 0) is 35.4 Å². The van der Waals surface area contributed by atoms with Crippen molar-refractivity contribution in [3.8, 4) is 16.9 Å². The van der Waals surface area contributed by atoms with E-state index < -0.39 is 12.0 Å². The number of rotatable bonds is 4. The smallest absolute Gasteiger partial charge is 0.404 e. The SMILES string of the molecule is O=C(O)NCC1Cc2cc(-c3ccc(C(=O)N4CCC(F)(F)CC4)cc3)cc(Cl)c2O1. The highest BCUT2D eigenvalue weighted by Gasteiger charge is 2.35. The largest absolute Gasteiger partial charge is 0.486 e. The molecule has 0 radical (unpaired) electrons. The first-order valence-electron chi connectivity index (χ1n) is 9.95. The lowest BCUT2D eigenvalue weighted by atomic mass is 9.99. The Morgan fingerprint density at radius 1 is 1.16 bits per heavy atom. The van der Waals surface area contributed by atoms with Crippen LogP contribution in [0.25, 0.3) is 11.1 Å². The van der Waals surface area contributed by atoms with E-state index in [-0.39, 0.29) is 44.5 Å². The van der Waals surface area contributed by atoms with Crippen molar-refractivity contribution in [1.29, 1.82) is 0 Å². The lowest BCUT2D eigenvalue weighted by Crippen LogP contribution is -2.42. The molecule has 31 heavy (non-hydrogen) atoms. The number of fused-ring (bicyclic) bond motifs is 1. The van der Waals surface area contributed by atoms with Crippen LogP contribution in [0, 0.1) is 0 Å². The molecule has 0 aromatic heterocycles. The topological polar surface area (TPSA) is 78.9 Å². The highest BCUT2D eigenvalue weighted by Crippen LogP contribution is 2.39. The van der Waals surface area contributed by atoms with Crippen LogP contribution in [0.2, 0.25) is 5.02 Å². The first-order chi connectivity index (χ1) is 14.7. The normalized spacial score (nSPS) is 19.5. The Bertz CT molecular complexity index is 1000. The Labute approximate surface area is 182 Å². The molecule has 2 aliphatic heterocycles. The van der Waals surface area contributed by atoms with Crippen LogP contribution in [0.4, 0.5) is 13.6 Å². The quantitative estimate of drug-likeness (QED) is 0.721. The minimum atomic E-state index is -2.69. The van der Waals surface area contributed by atoms with Crippen LogP contribution in [-0.4, -0.2) is 53.7 Å². The lowest BCUT2D eigenvalue weighted by molar-refractivity contribution is -0.0494. The molecule has 2 amide bonds. The van der Waals surface area contributed by atoms with E-state index in [1.165, 1.54) is 4.90 Å². The first kappa shape index (κ1) is 21.4. The van der Waals surface area contributed by atoms with Gasteiger partial charge in [0.05, 0.1) is 11.6 Å². The van der Waals surface area contributed by atoms with E-state index in [0.717, 1.165) is 16.7 Å². The highest BCUT2D eigenvalue weighted by atomic mass is 35.5. The summed E-state index contributed by atoms with van der Waals surface area (Å²) >= 11 is 6.38. The number of nitrogens with one attached hydrogen (secondary N) is 1. The van der Waals surface area contributed by atoms with Gasteiger partial charge in [0, 0.05) is 43.5 Å². The summed E-state index contributed by atoms with van der Waals surface area (Å²) in [5.41, 5.74) is 3.02. The van der Waals surface area contributed by atoms with Crippen molar-refractivity contribution in [3.05, 3.63) is 52.5 Å². The summed E-state index contributed by atoms with van der Waals surface area (Å²) in [6, 6.07) is 10.7. The maximum atomic E-state index is 13.3. The molecule has 6 nitrogen and oxygen atoms in total. The number of piperidine rings is 1. The number of hydrogen-bond donors (Lipinski definition) is 2. The third kappa shape index (κ3) is 4.74. The number of nitrogens with zero attached hydrogens (tertiary/aromatic N) is 1. The third-order valence-electron chi connectivity index (χ3n) is 5.58. The zero-order valence-corrected chi connectivity index (χ0v) is 17.3. The molecule has 0 bridgehead atoms. The predicted molar refractivity (Wildman–Crippen MR) is 111 cm³/mol. The molecule has 2 aromatic carbocycles. The van der Waals surface area contributed by atoms with Crippen LogP contribution in [0.1, 0.15) is 28.8 Å². The fourth-order valence-corrected chi connectivity index (χ4v) is 4.18. The van der Waals surface area contributed by atoms with E-state index in [0.29, 0.717) is 22.8 Å². The van der Waals surface area contributed by atoms with Gasteiger partial charge in [-0.25, -0.2) is 13.6 Å². The number of likely N-dealkylation sites (tertiary alicyclic amines) is 1. The van der Waals surface area contributed by atoms with Gasteiger partial charge >= 0.3 is 6.09 Å². The van der Waals surface area contributed by atoms with Crippen molar-refractivity contribution in [2.45, 2.75) is 31.3 Å². The molecule has 0 spiro atoms. The molecule has 4 rings (SSSR count). The molecule has 1 unspecified atom stereocenters. The van der Waals surface area contributed by atoms with Crippen LogP contribution >= 0.6 is 11.6 Å². The van der Waals surface area contributed by atoms with Crippen LogP contribution in [0.15, 0.2) is 36.4 Å². The third-order valence-corrected chi connectivity index (χ3v) is 5.86. The van der Waals surface area contributed by atoms with Crippen molar-refractivity contribution < 1.29 is 28.2 Å². The van der Waals surface area contributed by atoms with E-state index in [1.54, 1.807) is 30.3 Å². The lowest BCUT2D eigenvalue weighted by Gasteiger charge is -2.31. The van der Waals surface area contributed by atoms with Gasteiger partial charge in [-0.1, -0.05) is 23.7 Å². The van der Waals surface area contributed by atoms with Crippen LogP contribution < -0.4 is 10.1 Å². The fourth-order valence-electron chi connectivity index (χ4n) is 3.89. The number of alkyl halides is 2. The van der Waals surface area contributed by atoms with Gasteiger partial charge in [-0.2, -0.15) is 0 Å². The Hall–Kier alpha value is -2.87. The summed E-state index contributed by atoms with van der Waals surface area (Å²) in [6.45, 7) is 0.257. The summed E-state index contributed by atoms with van der Waals surface area (Å²) in [7, 11) is 0. The van der Waals surface area contributed by atoms with Crippen molar-refractivity contribution in [3.63, 3.8) is 0 Å². The van der Waals surface area contributed by atoms with Gasteiger partial charge in [-0.15, -0.1) is 0 Å².